The van der Waals surface area contributed by atoms with Crippen LogP contribution in [0.4, 0.5) is 0 Å². The Morgan fingerprint density at radius 2 is 1.87 bits per heavy atom. The van der Waals surface area contributed by atoms with Crippen LogP contribution in [-0.4, -0.2) is 69.1 Å². The van der Waals surface area contributed by atoms with Crippen molar-refractivity contribution in [3.05, 3.63) is 35.9 Å². The Balaban J connectivity index is 1.92. The fraction of sp³-hybridized carbons (Fsp3) is 0.562. The van der Waals surface area contributed by atoms with Gasteiger partial charge in [0.2, 0.25) is 15.9 Å². The monoisotopic (exact) mass is 337 g/mol. The molecule has 1 N–H and O–H groups in total. The minimum absolute atomic E-state index is 0.0123. The summed E-state index contributed by atoms with van der Waals surface area (Å²) in [7, 11) is -1.58. The van der Waals surface area contributed by atoms with E-state index in [-0.39, 0.29) is 23.8 Å². The summed E-state index contributed by atoms with van der Waals surface area (Å²) in [4.78, 5) is 14.8. The number of amides is 1. The van der Waals surface area contributed by atoms with Crippen molar-refractivity contribution in [2.24, 2.45) is 5.92 Å². The lowest BCUT2D eigenvalue weighted by atomic mass is 9.84. The Labute approximate surface area is 137 Å². The van der Waals surface area contributed by atoms with Crippen LogP contribution >= 0.6 is 0 Å². The van der Waals surface area contributed by atoms with Gasteiger partial charge in [0.15, 0.2) is 0 Å². The Bertz CT molecular complexity index is 677. The molecule has 2 aliphatic heterocycles. The largest absolute Gasteiger partial charge is 0.359 e. The number of rotatable bonds is 3. The summed E-state index contributed by atoms with van der Waals surface area (Å²) in [5, 5.41) is 2.76. The summed E-state index contributed by atoms with van der Waals surface area (Å²) in [6, 6.07) is 9.96. The average molecular weight is 337 g/mol. The van der Waals surface area contributed by atoms with Crippen LogP contribution in [0.2, 0.25) is 0 Å². The second-order valence-electron chi connectivity index (χ2n) is 6.34. The number of piperazine rings is 1. The van der Waals surface area contributed by atoms with E-state index in [1.807, 2.05) is 30.3 Å². The maximum atomic E-state index is 12.5. The number of carbonyl (C=O) groups excluding carboxylic acids is 1. The highest BCUT2D eigenvalue weighted by Crippen LogP contribution is 2.39. The molecule has 0 spiro atoms. The molecular formula is C16H23N3O3S. The van der Waals surface area contributed by atoms with E-state index >= 15 is 0 Å². The first-order chi connectivity index (χ1) is 10.9. The highest BCUT2D eigenvalue weighted by molar-refractivity contribution is 7.88. The zero-order valence-corrected chi connectivity index (χ0v) is 14.3. The lowest BCUT2D eigenvalue weighted by Gasteiger charge is -2.37. The van der Waals surface area contributed by atoms with E-state index in [9.17, 15) is 13.2 Å². The van der Waals surface area contributed by atoms with Gasteiger partial charge in [0.1, 0.15) is 0 Å². The van der Waals surface area contributed by atoms with Crippen LogP contribution in [0.25, 0.3) is 0 Å². The van der Waals surface area contributed by atoms with Crippen molar-refractivity contribution in [2.45, 2.75) is 12.0 Å². The van der Waals surface area contributed by atoms with E-state index in [1.54, 1.807) is 7.05 Å². The molecule has 0 aliphatic carbocycles. The van der Waals surface area contributed by atoms with Crippen molar-refractivity contribution in [3.63, 3.8) is 0 Å². The molecule has 2 heterocycles. The first-order valence-corrected chi connectivity index (χ1v) is 9.72. The molecule has 3 rings (SSSR count). The van der Waals surface area contributed by atoms with Gasteiger partial charge in [-0.25, -0.2) is 8.42 Å². The fourth-order valence-corrected chi connectivity index (χ4v) is 4.70. The van der Waals surface area contributed by atoms with Gasteiger partial charge in [-0.1, -0.05) is 30.3 Å². The molecule has 1 aromatic rings. The molecule has 0 unspecified atom stereocenters. The van der Waals surface area contributed by atoms with Gasteiger partial charge in [-0.2, -0.15) is 4.31 Å². The molecule has 2 aliphatic rings. The second-order valence-corrected chi connectivity index (χ2v) is 8.32. The lowest BCUT2D eigenvalue weighted by molar-refractivity contribution is -0.126. The maximum Gasteiger partial charge on any atom is 0.225 e. The number of carbonyl (C=O) groups is 1. The van der Waals surface area contributed by atoms with Crippen molar-refractivity contribution in [1.29, 1.82) is 0 Å². The van der Waals surface area contributed by atoms with Crippen LogP contribution < -0.4 is 5.32 Å². The molecule has 7 heteroatoms. The van der Waals surface area contributed by atoms with Crippen LogP contribution in [-0.2, 0) is 14.8 Å². The summed E-state index contributed by atoms with van der Waals surface area (Å²) in [5.74, 6) is -0.144. The van der Waals surface area contributed by atoms with Crippen LogP contribution in [0.15, 0.2) is 30.3 Å². The van der Waals surface area contributed by atoms with Gasteiger partial charge < -0.3 is 5.32 Å². The van der Waals surface area contributed by atoms with E-state index < -0.39 is 10.0 Å². The predicted molar refractivity (Wildman–Crippen MR) is 88.5 cm³/mol. The first-order valence-electron chi connectivity index (χ1n) is 7.87. The topological polar surface area (TPSA) is 69.7 Å². The van der Waals surface area contributed by atoms with Crippen molar-refractivity contribution in [2.75, 3.05) is 39.5 Å². The van der Waals surface area contributed by atoms with E-state index in [0.29, 0.717) is 19.6 Å². The molecule has 0 radical (unpaired) electrons. The van der Waals surface area contributed by atoms with Crippen molar-refractivity contribution >= 4 is 15.9 Å². The van der Waals surface area contributed by atoms with Crippen LogP contribution in [0.5, 0.6) is 0 Å². The Hall–Kier alpha value is -1.44. The average Bonchev–Trinajstić information content (AvgIpc) is 2.92. The minimum atomic E-state index is -3.23. The van der Waals surface area contributed by atoms with E-state index in [4.69, 9.17) is 0 Å². The maximum absolute atomic E-state index is 12.5. The van der Waals surface area contributed by atoms with Gasteiger partial charge in [0.05, 0.1) is 12.2 Å². The summed E-state index contributed by atoms with van der Waals surface area (Å²) < 4.78 is 25.3. The zero-order valence-electron chi connectivity index (χ0n) is 13.5. The van der Waals surface area contributed by atoms with E-state index in [1.165, 1.54) is 10.6 Å². The minimum Gasteiger partial charge on any atom is -0.359 e. The number of hydrogen-bond acceptors (Lipinski definition) is 4. The van der Waals surface area contributed by atoms with Crippen LogP contribution in [0, 0.1) is 5.92 Å². The second kappa shape index (κ2) is 6.22. The molecule has 1 amide bonds. The summed E-state index contributed by atoms with van der Waals surface area (Å²) in [6.45, 7) is 2.36. The fourth-order valence-electron chi connectivity index (χ4n) is 3.86. The zero-order chi connectivity index (χ0) is 16.6. The molecule has 0 saturated carbocycles. The van der Waals surface area contributed by atoms with Crippen LogP contribution in [0.3, 0.4) is 0 Å². The molecule has 0 bridgehead atoms. The number of nitrogens with one attached hydrogen (secondary N) is 1. The van der Waals surface area contributed by atoms with Gasteiger partial charge >= 0.3 is 0 Å². The summed E-state index contributed by atoms with van der Waals surface area (Å²) in [5.41, 5.74) is 1.14. The van der Waals surface area contributed by atoms with Crippen molar-refractivity contribution in [1.82, 2.24) is 14.5 Å². The number of nitrogens with zero attached hydrogens (tertiary/aromatic N) is 2. The Morgan fingerprint density at radius 3 is 2.48 bits per heavy atom. The molecule has 0 aromatic heterocycles. The standard InChI is InChI=1S/C16H23N3O3S/c1-17-16(20)15-13(12-6-4-3-5-7-12)10-18-8-9-19(11-14(15)18)23(2,21)22/h3-7,13-15H,8-11H2,1-2H3,(H,17,20)/t13-,14-,15-/m1/s1. The molecule has 23 heavy (non-hydrogen) atoms. The third kappa shape index (κ3) is 3.13. The highest BCUT2D eigenvalue weighted by atomic mass is 32.2. The molecule has 2 fully saturated rings. The third-order valence-electron chi connectivity index (χ3n) is 5.02. The summed E-state index contributed by atoms with van der Waals surface area (Å²) in [6.07, 6.45) is 1.24. The highest BCUT2D eigenvalue weighted by Gasteiger charge is 2.49. The Morgan fingerprint density at radius 1 is 1.17 bits per heavy atom. The summed E-state index contributed by atoms with van der Waals surface area (Å²) >= 11 is 0. The molecule has 6 nitrogen and oxygen atoms in total. The van der Waals surface area contributed by atoms with Crippen molar-refractivity contribution in [3.8, 4) is 0 Å². The predicted octanol–water partition coefficient (Wildman–Crippen LogP) is 0.0918. The molecule has 126 valence electrons. The molecule has 3 atom stereocenters. The van der Waals surface area contributed by atoms with E-state index in [0.717, 1.165) is 12.1 Å². The quantitative estimate of drug-likeness (QED) is 0.849. The molecular weight excluding hydrogens is 314 g/mol. The number of hydrogen-bond donors (Lipinski definition) is 1. The first kappa shape index (κ1) is 16.4. The molecule has 1 aromatic carbocycles. The number of benzene rings is 1. The van der Waals surface area contributed by atoms with Gasteiger partial charge in [-0.15, -0.1) is 0 Å². The number of sulfonamides is 1. The van der Waals surface area contributed by atoms with E-state index in [2.05, 4.69) is 10.2 Å². The van der Waals surface area contributed by atoms with Crippen molar-refractivity contribution < 1.29 is 13.2 Å². The number of fused-ring (bicyclic) bond motifs is 1. The van der Waals surface area contributed by atoms with Gasteiger partial charge in [-0.05, 0) is 5.56 Å². The Kier molecular flexibility index (Phi) is 4.44. The van der Waals surface area contributed by atoms with Crippen LogP contribution in [0.1, 0.15) is 11.5 Å². The lowest BCUT2D eigenvalue weighted by Crippen LogP contribution is -2.55. The smallest absolute Gasteiger partial charge is 0.225 e. The van der Waals surface area contributed by atoms with Gasteiger partial charge in [-0.3, -0.25) is 9.69 Å². The molecule has 2 saturated heterocycles. The normalized spacial score (nSPS) is 29.2. The van der Waals surface area contributed by atoms with Gasteiger partial charge in [0, 0.05) is 45.2 Å². The van der Waals surface area contributed by atoms with Gasteiger partial charge in [0.25, 0.3) is 0 Å². The SMILES string of the molecule is CNC(=O)[C@@H]1[C@@H](c2ccccc2)CN2CCN(S(C)(=O)=O)C[C@H]12. The third-order valence-corrected chi connectivity index (χ3v) is 6.29.